The van der Waals surface area contributed by atoms with Gasteiger partial charge in [-0.2, -0.15) is 0 Å². The number of nitrogens with zero attached hydrogens (tertiary/aromatic N) is 1. The molecule has 0 bridgehead atoms. The van der Waals surface area contributed by atoms with Crippen LogP contribution in [-0.2, 0) is 0 Å². The van der Waals surface area contributed by atoms with Gasteiger partial charge in [-0.1, -0.05) is 42.5 Å². The highest BCUT2D eigenvalue weighted by atomic mass is 16.6. The molecule has 2 rings (SSSR count). The number of non-ortho nitro benzene ring substituents is 1. The van der Waals surface area contributed by atoms with E-state index in [9.17, 15) is 15.2 Å². The Morgan fingerprint density at radius 2 is 1.74 bits per heavy atom. The van der Waals surface area contributed by atoms with Crippen molar-refractivity contribution in [1.82, 2.24) is 5.32 Å². The minimum atomic E-state index is -0.394. The highest BCUT2D eigenvalue weighted by molar-refractivity contribution is 5.34. The lowest BCUT2D eigenvalue weighted by Crippen LogP contribution is -2.25. The van der Waals surface area contributed by atoms with E-state index in [1.807, 2.05) is 25.1 Å². The topological polar surface area (TPSA) is 75.4 Å². The van der Waals surface area contributed by atoms with Gasteiger partial charge in [-0.05, 0) is 30.4 Å². The van der Waals surface area contributed by atoms with Gasteiger partial charge in [0, 0.05) is 31.3 Å². The zero-order valence-corrected chi connectivity index (χ0v) is 13.2. The monoisotopic (exact) mass is 314 g/mol. The van der Waals surface area contributed by atoms with Gasteiger partial charge in [-0.3, -0.25) is 10.1 Å². The third kappa shape index (κ3) is 4.87. The summed E-state index contributed by atoms with van der Waals surface area (Å²) in [5, 5.41) is 23.4. The summed E-state index contributed by atoms with van der Waals surface area (Å²) in [7, 11) is 0. The number of aliphatic hydroxyl groups excluding tert-OH is 1. The van der Waals surface area contributed by atoms with E-state index in [-0.39, 0.29) is 24.3 Å². The summed E-state index contributed by atoms with van der Waals surface area (Å²) in [4.78, 5) is 10.3. The fourth-order valence-corrected chi connectivity index (χ4v) is 2.59. The number of hydrogen-bond acceptors (Lipinski definition) is 4. The fourth-order valence-electron chi connectivity index (χ4n) is 2.59. The van der Waals surface area contributed by atoms with Gasteiger partial charge in [0.05, 0.1) is 4.92 Å². The summed E-state index contributed by atoms with van der Waals surface area (Å²) in [6, 6.07) is 16.8. The molecule has 0 aliphatic rings. The summed E-state index contributed by atoms with van der Waals surface area (Å²) in [5.74, 6) is 0.238. The van der Waals surface area contributed by atoms with Crippen molar-refractivity contribution < 1.29 is 10.0 Å². The van der Waals surface area contributed by atoms with Gasteiger partial charge >= 0.3 is 0 Å². The molecule has 2 aromatic carbocycles. The Hall–Kier alpha value is -2.24. The van der Waals surface area contributed by atoms with Crippen molar-refractivity contribution in [3.63, 3.8) is 0 Å². The molecule has 5 nitrogen and oxygen atoms in total. The van der Waals surface area contributed by atoms with Crippen molar-refractivity contribution >= 4 is 5.69 Å². The number of rotatable bonds is 8. The first-order chi connectivity index (χ1) is 11.1. The normalized spacial score (nSPS) is 13.5. The Labute approximate surface area is 136 Å². The van der Waals surface area contributed by atoms with E-state index in [1.54, 1.807) is 12.1 Å². The maximum absolute atomic E-state index is 10.7. The molecule has 0 radical (unpaired) electrons. The molecule has 0 amide bonds. The van der Waals surface area contributed by atoms with Gasteiger partial charge in [0.2, 0.25) is 0 Å². The molecule has 0 aliphatic heterocycles. The predicted octanol–water partition coefficient (Wildman–Crippen LogP) is 3.41. The molecule has 0 aromatic heterocycles. The fraction of sp³-hybridized carbons (Fsp3) is 0.333. The van der Waals surface area contributed by atoms with Gasteiger partial charge < -0.3 is 10.4 Å². The number of hydrogen-bond donors (Lipinski definition) is 2. The first-order valence-corrected chi connectivity index (χ1v) is 7.75. The van der Waals surface area contributed by atoms with Crippen molar-refractivity contribution in [1.29, 1.82) is 0 Å². The lowest BCUT2D eigenvalue weighted by atomic mass is 9.95. The molecular formula is C18H22N2O3. The van der Waals surface area contributed by atoms with Crippen LogP contribution in [-0.4, -0.2) is 23.2 Å². The first-order valence-electron chi connectivity index (χ1n) is 7.75. The summed E-state index contributed by atoms with van der Waals surface area (Å²) in [5.41, 5.74) is 2.31. The van der Waals surface area contributed by atoms with E-state index >= 15 is 0 Å². The molecule has 23 heavy (non-hydrogen) atoms. The number of aliphatic hydroxyl groups is 1. The average Bonchev–Trinajstić information content (AvgIpc) is 2.59. The third-order valence-corrected chi connectivity index (χ3v) is 4.02. The lowest BCUT2D eigenvalue weighted by Gasteiger charge is -2.21. The summed E-state index contributed by atoms with van der Waals surface area (Å²) >= 11 is 0. The number of nitro benzene ring substituents is 1. The Kier molecular flexibility index (Phi) is 6.26. The highest BCUT2D eigenvalue weighted by Crippen LogP contribution is 2.21. The van der Waals surface area contributed by atoms with E-state index in [0.29, 0.717) is 6.42 Å². The van der Waals surface area contributed by atoms with Crippen LogP contribution < -0.4 is 5.32 Å². The van der Waals surface area contributed by atoms with E-state index in [4.69, 9.17) is 0 Å². The number of benzene rings is 2. The van der Waals surface area contributed by atoms with Crippen molar-refractivity contribution in [2.24, 2.45) is 0 Å². The largest absolute Gasteiger partial charge is 0.396 e. The minimum Gasteiger partial charge on any atom is -0.396 e. The Morgan fingerprint density at radius 3 is 2.30 bits per heavy atom. The zero-order valence-electron chi connectivity index (χ0n) is 13.2. The quantitative estimate of drug-likeness (QED) is 0.578. The second kappa shape index (κ2) is 8.41. The maximum atomic E-state index is 10.7. The minimum absolute atomic E-state index is 0.0840. The molecule has 0 spiro atoms. The maximum Gasteiger partial charge on any atom is 0.269 e. The van der Waals surface area contributed by atoms with Crippen LogP contribution in [0.5, 0.6) is 0 Å². The zero-order chi connectivity index (χ0) is 16.7. The molecule has 0 heterocycles. The van der Waals surface area contributed by atoms with Crippen LogP contribution in [0.4, 0.5) is 5.69 Å². The van der Waals surface area contributed by atoms with Crippen molar-refractivity contribution in [2.45, 2.75) is 25.3 Å². The van der Waals surface area contributed by atoms with Crippen molar-refractivity contribution in [3.8, 4) is 0 Å². The molecule has 5 heteroatoms. The van der Waals surface area contributed by atoms with Gasteiger partial charge in [0.1, 0.15) is 0 Å². The SMILES string of the molecule is CC(NCC(CCO)c1ccccc1)c1ccc([N+](=O)[O-])cc1. The molecule has 2 N–H and O–H groups in total. The van der Waals surface area contributed by atoms with Crippen molar-refractivity contribution in [3.05, 3.63) is 75.8 Å². The van der Waals surface area contributed by atoms with E-state index in [2.05, 4.69) is 17.4 Å². The number of nitro groups is 1. The van der Waals surface area contributed by atoms with Gasteiger partial charge in [0.15, 0.2) is 0 Å². The molecule has 2 atom stereocenters. The smallest absolute Gasteiger partial charge is 0.269 e. The average molecular weight is 314 g/mol. The van der Waals surface area contributed by atoms with E-state index < -0.39 is 4.92 Å². The number of nitrogens with one attached hydrogen (secondary N) is 1. The Bertz CT molecular complexity index is 614. The standard InChI is InChI=1S/C18H22N2O3/c1-14(15-7-9-18(10-8-15)20(22)23)19-13-17(11-12-21)16-5-3-2-4-6-16/h2-10,14,17,19,21H,11-13H2,1H3. The van der Waals surface area contributed by atoms with Crippen LogP contribution in [0.25, 0.3) is 0 Å². The highest BCUT2D eigenvalue weighted by Gasteiger charge is 2.14. The Balaban J connectivity index is 1.98. The van der Waals surface area contributed by atoms with Gasteiger partial charge in [-0.15, -0.1) is 0 Å². The van der Waals surface area contributed by atoms with Crippen LogP contribution >= 0.6 is 0 Å². The molecule has 0 fully saturated rings. The molecule has 0 saturated heterocycles. The van der Waals surface area contributed by atoms with E-state index in [1.165, 1.54) is 17.7 Å². The predicted molar refractivity (Wildman–Crippen MR) is 90.4 cm³/mol. The summed E-state index contributed by atoms with van der Waals surface area (Å²) in [6.07, 6.45) is 0.698. The Morgan fingerprint density at radius 1 is 1.09 bits per heavy atom. The summed E-state index contributed by atoms with van der Waals surface area (Å²) in [6.45, 7) is 2.91. The first kappa shape index (κ1) is 17.1. The molecule has 122 valence electrons. The van der Waals surface area contributed by atoms with Crippen LogP contribution in [0.1, 0.15) is 36.4 Å². The molecule has 2 aromatic rings. The second-order valence-corrected chi connectivity index (χ2v) is 5.60. The van der Waals surface area contributed by atoms with Crippen LogP contribution in [0, 0.1) is 10.1 Å². The summed E-state index contributed by atoms with van der Waals surface area (Å²) < 4.78 is 0. The van der Waals surface area contributed by atoms with E-state index in [0.717, 1.165) is 12.1 Å². The molecule has 0 aliphatic carbocycles. The third-order valence-electron chi connectivity index (χ3n) is 4.02. The second-order valence-electron chi connectivity index (χ2n) is 5.60. The lowest BCUT2D eigenvalue weighted by molar-refractivity contribution is -0.384. The van der Waals surface area contributed by atoms with Crippen LogP contribution in [0.3, 0.4) is 0 Å². The molecular weight excluding hydrogens is 292 g/mol. The van der Waals surface area contributed by atoms with Crippen LogP contribution in [0.2, 0.25) is 0 Å². The van der Waals surface area contributed by atoms with Crippen LogP contribution in [0.15, 0.2) is 54.6 Å². The van der Waals surface area contributed by atoms with Gasteiger partial charge in [0.25, 0.3) is 5.69 Å². The van der Waals surface area contributed by atoms with Gasteiger partial charge in [-0.25, -0.2) is 0 Å². The van der Waals surface area contributed by atoms with Crippen molar-refractivity contribution in [2.75, 3.05) is 13.2 Å². The molecule has 0 saturated carbocycles. The molecule has 2 unspecified atom stereocenters.